The molecule has 2 aromatic carbocycles. The second-order valence-corrected chi connectivity index (χ2v) is 11.7. The number of nitrogens with one attached hydrogen (secondary N) is 2. The minimum Gasteiger partial charge on any atom is -0.478 e. The van der Waals surface area contributed by atoms with Crippen molar-refractivity contribution >= 4 is 23.3 Å². The highest BCUT2D eigenvalue weighted by Crippen LogP contribution is 2.50. The van der Waals surface area contributed by atoms with Gasteiger partial charge < -0.3 is 20.5 Å². The van der Waals surface area contributed by atoms with Crippen molar-refractivity contribution in [2.45, 2.75) is 54.4 Å². The van der Waals surface area contributed by atoms with E-state index in [0.29, 0.717) is 35.9 Å². The van der Waals surface area contributed by atoms with Gasteiger partial charge in [-0.05, 0) is 67.0 Å². The van der Waals surface area contributed by atoms with Crippen LogP contribution >= 0.6 is 0 Å². The van der Waals surface area contributed by atoms with E-state index in [0.717, 1.165) is 33.9 Å². The van der Waals surface area contributed by atoms with E-state index >= 15 is 0 Å². The number of ether oxygens (including phenoxy) is 1. The monoisotopic (exact) mass is 543 g/mol. The maximum atomic E-state index is 13.1. The molecule has 3 N–H and O–H groups in total. The third-order valence-corrected chi connectivity index (χ3v) is 8.47. The predicted octanol–water partition coefficient (Wildman–Crippen LogP) is 6.59. The van der Waals surface area contributed by atoms with Crippen LogP contribution in [0, 0.1) is 24.2 Å². The summed E-state index contributed by atoms with van der Waals surface area (Å²) >= 11 is 0. The average Bonchev–Trinajstić information content (AvgIpc) is 2.90. The fourth-order valence-corrected chi connectivity index (χ4v) is 5.24. The van der Waals surface area contributed by atoms with E-state index in [-0.39, 0.29) is 28.7 Å². The van der Waals surface area contributed by atoms with Crippen molar-refractivity contribution in [3.8, 4) is 5.75 Å². The average molecular weight is 544 g/mol. The van der Waals surface area contributed by atoms with Gasteiger partial charge in [-0.2, -0.15) is 0 Å². The van der Waals surface area contributed by atoms with Gasteiger partial charge >= 0.3 is 5.97 Å². The van der Waals surface area contributed by atoms with Crippen LogP contribution in [0.2, 0.25) is 0 Å². The second kappa shape index (κ2) is 11.3. The highest BCUT2D eigenvalue weighted by Gasteiger charge is 2.39. The molecule has 7 heteroatoms. The number of aliphatic imine (C=N–C) groups is 1. The van der Waals surface area contributed by atoms with E-state index in [4.69, 9.17) is 4.74 Å². The lowest BCUT2D eigenvalue weighted by atomic mass is 9.73. The van der Waals surface area contributed by atoms with Crippen LogP contribution < -0.4 is 15.4 Å². The minimum atomic E-state index is -1.07. The zero-order valence-corrected chi connectivity index (χ0v) is 24.8. The van der Waals surface area contributed by atoms with Gasteiger partial charge in [-0.3, -0.25) is 9.79 Å². The van der Waals surface area contributed by atoms with Gasteiger partial charge in [0.15, 0.2) is 0 Å². The molecular weight excluding hydrogens is 502 g/mol. The molecule has 1 aliphatic carbocycles. The summed E-state index contributed by atoms with van der Waals surface area (Å²) in [5, 5.41) is 16.6. The highest BCUT2D eigenvalue weighted by molar-refractivity contribution is 6.09. The summed E-state index contributed by atoms with van der Waals surface area (Å²) < 4.78 is 6.44. The quantitative estimate of drug-likeness (QED) is 0.349. The number of aryl methyl sites for hydroxylation is 1. The molecule has 2 unspecified atom stereocenters. The van der Waals surface area contributed by atoms with Crippen LogP contribution in [0.25, 0.3) is 0 Å². The first-order valence-corrected chi connectivity index (χ1v) is 14.0. The Morgan fingerprint density at radius 2 is 1.85 bits per heavy atom. The van der Waals surface area contributed by atoms with Gasteiger partial charge in [0.05, 0.1) is 11.3 Å². The summed E-state index contributed by atoms with van der Waals surface area (Å²) in [7, 11) is 1.87. The number of anilines is 1. The molecule has 2 aliphatic rings. The number of aromatic carboxylic acids is 1. The first kappa shape index (κ1) is 29.1. The van der Waals surface area contributed by atoms with Crippen LogP contribution in [0.3, 0.4) is 0 Å². The molecule has 0 saturated carbocycles. The number of amides is 1. The molecule has 0 fully saturated rings. The van der Waals surface area contributed by atoms with Crippen molar-refractivity contribution < 1.29 is 19.4 Å². The Bertz CT molecular complexity index is 1430. The molecule has 4 rings (SSSR count). The maximum Gasteiger partial charge on any atom is 0.336 e. The molecule has 1 heterocycles. The predicted molar refractivity (Wildman–Crippen MR) is 161 cm³/mol. The van der Waals surface area contributed by atoms with Crippen molar-refractivity contribution in [2.24, 2.45) is 22.2 Å². The molecule has 0 aromatic heterocycles. The molecule has 7 nitrogen and oxygen atoms in total. The first-order valence-electron chi connectivity index (χ1n) is 14.0. The van der Waals surface area contributed by atoms with E-state index in [2.05, 4.69) is 55.5 Å². The van der Waals surface area contributed by atoms with Crippen LogP contribution in [-0.2, 0) is 0 Å². The van der Waals surface area contributed by atoms with Gasteiger partial charge in [-0.15, -0.1) is 0 Å². The van der Waals surface area contributed by atoms with Crippen LogP contribution in [0.5, 0.6) is 5.75 Å². The van der Waals surface area contributed by atoms with E-state index in [1.54, 1.807) is 12.1 Å². The van der Waals surface area contributed by atoms with Crippen LogP contribution in [-0.4, -0.2) is 42.8 Å². The smallest absolute Gasteiger partial charge is 0.336 e. The summed E-state index contributed by atoms with van der Waals surface area (Å²) in [6.07, 6.45) is 4.09. The number of carbonyl (C=O) groups is 2. The largest absolute Gasteiger partial charge is 0.478 e. The van der Waals surface area contributed by atoms with Crippen LogP contribution in [0.4, 0.5) is 5.69 Å². The summed E-state index contributed by atoms with van der Waals surface area (Å²) in [4.78, 5) is 30.4. The van der Waals surface area contributed by atoms with E-state index in [1.807, 2.05) is 40.0 Å². The number of hydrogen-bond acceptors (Lipinski definition) is 5. The molecule has 2 aromatic rings. The zero-order chi connectivity index (χ0) is 29.4. The van der Waals surface area contributed by atoms with Gasteiger partial charge in [-0.25, -0.2) is 4.79 Å². The molecule has 0 radical (unpaired) electrons. The number of hydrogen-bond donors (Lipinski definition) is 3. The number of allylic oxidation sites excluding steroid dienone is 3. The molecule has 1 amide bonds. The number of fused-ring (bicyclic) bond motifs is 2. The molecule has 1 aliphatic heterocycles. The third kappa shape index (κ3) is 5.55. The fourth-order valence-electron chi connectivity index (χ4n) is 5.24. The Hall–Kier alpha value is -3.87. The molecule has 0 spiro atoms. The zero-order valence-electron chi connectivity index (χ0n) is 24.8. The number of nitrogens with zero attached hydrogens (tertiary/aromatic N) is 1. The topological polar surface area (TPSA) is 100 Å². The number of benzene rings is 2. The van der Waals surface area contributed by atoms with Crippen LogP contribution in [0.15, 0.2) is 58.8 Å². The van der Waals surface area contributed by atoms with Crippen molar-refractivity contribution in [3.63, 3.8) is 0 Å². The Morgan fingerprint density at radius 3 is 2.48 bits per heavy atom. The maximum absolute atomic E-state index is 13.1. The summed E-state index contributed by atoms with van der Waals surface area (Å²) in [6, 6.07) is 9.07. The summed E-state index contributed by atoms with van der Waals surface area (Å²) in [5.41, 5.74) is 5.78. The number of carboxylic acid groups (broad SMARTS) is 1. The lowest BCUT2D eigenvalue weighted by Gasteiger charge is -2.37. The molecule has 0 bridgehead atoms. The first-order chi connectivity index (χ1) is 18.9. The van der Waals surface area contributed by atoms with E-state index in [1.165, 1.54) is 6.07 Å². The van der Waals surface area contributed by atoms with Crippen molar-refractivity contribution in [3.05, 3.63) is 81.6 Å². The number of carboxylic acids is 1. The second-order valence-electron chi connectivity index (χ2n) is 11.7. The lowest BCUT2D eigenvalue weighted by molar-refractivity contribution is 0.0695. The molecular formula is C33H41N3O4. The van der Waals surface area contributed by atoms with Gasteiger partial charge in [0.2, 0.25) is 0 Å². The van der Waals surface area contributed by atoms with Gasteiger partial charge in [0.1, 0.15) is 11.5 Å². The standard InChI is InChI=1S/C33H41N3O4/c1-9-35-27-16-29-25(13-20(27)5)30(24-12-19(4)26(34-8)15-28(24)40-29)22-11-10-21(14-23(22)32(38)39)31(37)36-17-33(6,7)18(2)3/h10-16,18,25,30,34H,9,17H2,1-8H3,(H,36,37)(H,38,39)/b35-27-. The Kier molecular flexibility index (Phi) is 8.24. The highest BCUT2D eigenvalue weighted by atomic mass is 16.5. The van der Waals surface area contributed by atoms with Crippen molar-refractivity contribution in [1.82, 2.24) is 5.32 Å². The van der Waals surface area contributed by atoms with Gasteiger partial charge in [0.25, 0.3) is 5.91 Å². The van der Waals surface area contributed by atoms with Crippen LogP contribution in [0.1, 0.15) is 84.9 Å². The number of rotatable bonds is 8. The molecule has 2 atom stereocenters. The van der Waals surface area contributed by atoms with Gasteiger partial charge in [0, 0.05) is 60.9 Å². The van der Waals surface area contributed by atoms with Crippen molar-refractivity contribution in [2.75, 3.05) is 25.5 Å². The molecule has 212 valence electrons. The Morgan fingerprint density at radius 1 is 1.12 bits per heavy atom. The van der Waals surface area contributed by atoms with E-state index in [9.17, 15) is 14.7 Å². The normalized spacial score (nSPS) is 19.3. The lowest BCUT2D eigenvalue weighted by Crippen LogP contribution is -2.37. The third-order valence-electron chi connectivity index (χ3n) is 8.47. The number of carbonyl (C=O) groups excluding carboxylic acids is 1. The Labute approximate surface area is 237 Å². The van der Waals surface area contributed by atoms with Crippen molar-refractivity contribution in [1.29, 1.82) is 0 Å². The summed E-state index contributed by atoms with van der Waals surface area (Å²) in [6.45, 7) is 15.6. The minimum absolute atomic E-state index is 0.0884. The molecule has 0 saturated heterocycles. The summed E-state index contributed by atoms with van der Waals surface area (Å²) in [5.74, 6) is -0.0929. The fraction of sp³-hybridized carbons (Fsp3) is 0.424. The molecule has 40 heavy (non-hydrogen) atoms. The Balaban J connectivity index is 1.84. The van der Waals surface area contributed by atoms with Gasteiger partial charge in [-0.1, -0.05) is 39.8 Å². The SMILES string of the molecule is CC/N=C1/C=C2Oc3cc(NC)c(C)cc3C(c3ccc(C(=O)NCC(C)(C)C(C)C)cc3C(=O)O)C2C=C1C. The van der Waals surface area contributed by atoms with E-state index < -0.39 is 5.97 Å².